The molecular formula is C16H13F3N2. The highest BCUT2D eigenvalue weighted by atomic mass is 19.1. The second-order valence-electron chi connectivity index (χ2n) is 4.65. The summed E-state index contributed by atoms with van der Waals surface area (Å²) in [4.78, 5) is 0. The molecule has 0 saturated heterocycles. The number of hydrogen-bond acceptors (Lipinski definition) is 2. The molecule has 2 aromatic carbocycles. The van der Waals surface area contributed by atoms with Crippen LogP contribution in [-0.4, -0.2) is 0 Å². The van der Waals surface area contributed by atoms with Gasteiger partial charge in [0.05, 0.1) is 11.6 Å². The monoisotopic (exact) mass is 290 g/mol. The molecule has 1 N–H and O–H groups in total. The van der Waals surface area contributed by atoms with E-state index in [1.807, 2.05) is 0 Å². The van der Waals surface area contributed by atoms with Crippen molar-refractivity contribution in [1.82, 2.24) is 5.32 Å². The molecule has 2 nitrogen and oxygen atoms in total. The first kappa shape index (κ1) is 15.1. The molecule has 0 radical (unpaired) electrons. The third kappa shape index (κ3) is 3.41. The lowest BCUT2D eigenvalue weighted by Gasteiger charge is -2.15. The van der Waals surface area contributed by atoms with Gasteiger partial charge in [0.1, 0.15) is 17.5 Å². The van der Waals surface area contributed by atoms with Crippen LogP contribution in [0.5, 0.6) is 0 Å². The first-order chi connectivity index (χ1) is 10.0. The smallest absolute Gasteiger partial charge is 0.131 e. The normalized spacial score (nSPS) is 12.0. The largest absolute Gasteiger partial charge is 0.306 e. The Kier molecular flexibility index (Phi) is 4.61. The average molecular weight is 290 g/mol. The standard InChI is InChI=1S/C16H13F3N2/c1-10(12-4-2-3-5-14(12)17)21-9-13-15(18)6-11(8-20)7-16(13)19/h2-7,10,21H,9H2,1H3/t10-/m1/s1. The molecule has 108 valence electrons. The van der Waals surface area contributed by atoms with Gasteiger partial charge in [0.15, 0.2) is 0 Å². The van der Waals surface area contributed by atoms with Crippen LogP contribution >= 0.6 is 0 Å². The second-order valence-corrected chi connectivity index (χ2v) is 4.65. The molecule has 0 bridgehead atoms. The molecule has 0 aliphatic rings. The predicted molar refractivity (Wildman–Crippen MR) is 72.7 cm³/mol. The zero-order valence-electron chi connectivity index (χ0n) is 11.3. The van der Waals surface area contributed by atoms with Gasteiger partial charge in [-0.15, -0.1) is 0 Å². The van der Waals surface area contributed by atoms with E-state index in [1.165, 1.54) is 6.07 Å². The Balaban J connectivity index is 2.14. The van der Waals surface area contributed by atoms with Gasteiger partial charge >= 0.3 is 0 Å². The van der Waals surface area contributed by atoms with Gasteiger partial charge in [-0.1, -0.05) is 18.2 Å². The zero-order chi connectivity index (χ0) is 15.4. The molecule has 2 aromatic rings. The van der Waals surface area contributed by atoms with Crippen molar-refractivity contribution in [3.63, 3.8) is 0 Å². The van der Waals surface area contributed by atoms with Crippen LogP contribution in [0.1, 0.15) is 29.7 Å². The van der Waals surface area contributed by atoms with Crippen LogP contribution in [0.4, 0.5) is 13.2 Å². The molecule has 0 heterocycles. The van der Waals surface area contributed by atoms with Crippen molar-refractivity contribution < 1.29 is 13.2 Å². The lowest BCUT2D eigenvalue weighted by molar-refractivity contribution is 0.494. The number of nitrogens with zero attached hydrogens (tertiary/aromatic N) is 1. The first-order valence-corrected chi connectivity index (χ1v) is 6.38. The van der Waals surface area contributed by atoms with Crippen LogP contribution in [0, 0.1) is 28.8 Å². The van der Waals surface area contributed by atoms with Crippen molar-refractivity contribution >= 4 is 0 Å². The summed E-state index contributed by atoms with van der Waals surface area (Å²) in [6, 6.07) is 9.45. The molecule has 0 fully saturated rings. The van der Waals surface area contributed by atoms with E-state index in [9.17, 15) is 13.2 Å². The van der Waals surface area contributed by atoms with Gasteiger partial charge < -0.3 is 5.32 Å². The Hall–Kier alpha value is -2.32. The van der Waals surface area contributed by atoms with Crippen molar-refractivity contribution in [3.8, 4) is 6.07 Å². The molecule has 0 aliphatic heterocycles. The summed E-state index contributed by atoms with van der Waals surface area (Å²) in [6.45, 7) is 1.61. The summed E-state index contributed by atoms with van der Waals surface area (Å²) in [7, 11) is 0. The average Bonchev–Trinajstić information content (AvgIpc) is 2.46. The summed E-state index contributed by atoms with van der Waals surface area (Å²) >= 11 is 0. The minimum absolute atomic E-state index is 0.0732. The summed E-state index contributed by atoms with van der Waals surface area (Å²) in [5.41, 5.74) is 0.181. The zero-order valence-corrected chi connectivity index (χ0v) is 11.3. The lowest BCUT2D eigenvalue weighted by Crippen LogP contribution is -2.20. The molecule has 21 heavy (non-hydrogen) atoms. The molecule has 0 unspecified atom stereocenters. The first-order valence-electron chi connectivity index (χ1n) is 6.38. The maximum atomic E-state index is 13.7. The van der Waals surface area contributed by atoms with E-state index in [4.69, 9.17) is 5.26 Å². The van der Waals surface area contributed by atoms with Gasteiger partial charge in [-0.05, 0) is 25.1 Å². The summed E-state index contributed by atoms with van der Waals surface area (Å²) in [5, 5.41) is 11.5. The molecule has 0 aromatic heterocycles. The molecule has 2 rings (SSSR count). The van der Waals surface area contributed by atoms with Gasteiger partial charge in [0, 0.05) is 23.7 Å². The van der Waals surface area contributed by atoms with E-state index in [2.05, 4.69) is 5.32 Å². The maximum Gasteiger partial charge on any atom is 0.131 e. The van der Waals surface area contributed by atoms with Crippen molar-refractivity contribution in [3.05, 3.63) is 70.5 Å². The van der Waals surface area contributed by atoms with Crippen LogP contribution in [0.15, 0.2) is 36.4 Å². The quantitative estimate of drug-likeness (QED) is 0.929. The minimum Gasteiger partial charge on any atom is -0.306 e. The third-order valence-electron chi connectivity index (χ3n) is 3.23. The van der Waals surface area contributed by atoms with Crippen molar-refractivity contribution in [2.24, 2.45) is 0 Å². The molecule has 0 aliphatic carbocycles. The Morgan fingerprint density at radius 2 is 1.71 bits per heavy atom. The lowest BCUT2D eigenvalue weighted by atomic mass is 10.1. The molecule has 0 amide bonds. The Labute approximate surface area is 120 Å². The fourth-order valence-corrected chi connectivity index (χ4v) is 2.03. The molecule has 0 spiro atoms. The van der Waals surface area contributed by atoms with Crippen LogP contribution in [0.3, 0.4) is 0 Å². The summed E-state index contributed by atoms with van der Waals surface area (Å²) in [5.74, 6) is -1.96. The van der Waals surface area contributed by atoms with E-state index in [0.29, 0.717) is 5.56 Å². The third-order valence-corrected chi connectivity index (χ3v) is 3.23. The SMILES string of the molecule is C[C@@H](NCc1c(F)cc(C#N)cc1F)c1ccccc1F. The molecule has 1 atom stereocenters. The molecule has 5 heteroatoms. The van der Waals surface area contributed by atoms with Gasteiger partial charge in [-0.25, -0.2) is 13.2 Å². The van der Waals surface area contributed by atoms with Crippen LogP contribution in [-0.2, 0) is 6.54 Å². The van der Waals surface area contributed by atoms with Gasteiger partial charge in [-0.3, -0.25) is 0 Å². The van der Waals surface area contributed by atoms with Crippen molar-refractivity contribution in [2.75, 3.05) is 0 Å². The molecular weight excluding hydrogens is 277 g/mol. The number of nitriles is 1. The van der Waals surface area contributed by atoms with Crippen LogP contribution < -0.4 is 5.32 Å². The van der Waals surface area contributed by atoms with Crippen molar-refractivity contribution in [2.45, 2.75) is 19.5 Å². The van der Waals surface area contributed by atoms with Crippen LogP contribution in [0.25, 0.3) is 0 Å². The van der Waals surface area contributed by atoms with E-state index >= 15 is 0 Å². The predicted octanol–water partition coefficient (Wildman–Crippen LogP) is 3.83. The number of rotatable bonds is 4. The Morgan fingerprint density at radius 1 is 1.10 bits per heavy atom. The highest BCUT2D eigenvalue weighted by molar-refractivity contribution is 5.34. The minimum atomic E-state index is -0.792. The number of nitrogens with one attached hydrogen (secondary N) is 1. The van der Waals surface area contributed by atoms with Crippen LogP contribution in [0.2, 0.25) is 0 Å². The van der Waals surface area contributed by atoms with E-state index in [0.717, 1.165) is 12.1 Å². The van der Waals surface area contributed by atoms with E-state index in [1.54, 1.807) is 31.2 Å². The Morgan fingerprint density at radius 3 is 2.29 bits per heavy atom. The topological polar surface area (TPSA) is 35.8 Å². The fraction of sp³-hybridized carbons (Fsp3) is 0.188. The van der Waals surface area contributed by atoms with E-state index < -0.39 is 17.7 Å². The van der Waals surface area contributed by atoms with Gasteiger partial charge in [-0.2, -0.15) is 5.26 Å². The van der Waals surface area contributed by atoms with Gasteiger partial charge in [0.25, 0.3) is 0 Å². The number of hydrogen-bond donors (Lipinski definition) is 1. The van der Waals surface area contributed by atoms with E-state index in [-0.39, 0.29) is 23.5 Å². The summed E-state index contributed by atoms with van der Waals surface area (Å²) in [6.07, 6.45) is 0. The second kappa shape index (κ2) is 6.42. The van der Waals surface area contributed by atoms with Crippen molar-refractivity contribution in [1.29, 1.82) is 5.26 Å². The number of benzene rings is 2. The fourth-order valence-electron chi connectivity index (χ4n) is 2.03. The highest BCUT2D eigenvalue weighted by Crippen LogP contribution is 2.19. The highest BCUT2D eigenvalue weighted by Gasteiger charge is 2.14. The molecule has 0 saturated carbocycles. The Bertz CT molecular complexity index is 669. The maximum absolute atomic E-state index is 13.7. The summed E-state index contributed by atoms with van der Waals surface area (Å²) < 4.78 is 41.0. The number of halogens is 3. The van der Waals surface area contributed by atoms with Gasteiger partial charge in [0.2, 0.25) is 0 Å².